The molecule has 0 saturated heterocycles. The summed E-state index contributed by atoms with van der Waals surface area (Å²) in [7, 11) is 2.91. The predicted octanol–water partition coefficient (Wildman–Crippen LogP) is 3.29. The van der Waals surface area contributed by atoms with Gasteiger partial charge >= 0.3 is 0 Å². The Morgan fingerprint density at radius 3 is 2.05 bits per heavy atom. The molecule has 0 spiro atoms. The Morgan fingerprint density at radius 2 is 1.50 bits per heavy atom. The van der Waals surface area contributed by atoms with Gasteiger partial charge in [-0.2, -0.15) is 0 Å². The minimum atomic E-state index is -3.79. The van der Waals surface area contributed by atoms with E-state index in [1.807, 2.05) is 0 Å². The first-order valence-electron chi connectivity index (χ1n) is 5.92. The molecule has 0 aliphatic heterocycles. The first-order valence-corrected chi connectivity index (χ1v) is 10.5. The summed E-state index contributed by atoms with van der Waals surface area (Å²) in [6.07, 6.45) is 6.25. The van der Waals surface area contributed by atoms with Crippen LogP contribution in [0.4, 0.5) is 0 Å². The van der Waals surface area contributed by atoms with Crippen molar-refractivity contribution in [1.82, 2.24) is 0 Å². The van der Waals surface area contributed by atoms with Crippen molar-refractivity contribution in [2.75, 3.05) is 0 Å². The van der Waals surface area contributed by atoms with Gasteiger partial charge in [0.25, 0.3) is 18.1 Å². The third-order valence-electron chi connectivity index (χ3n) is 2.67. The van der Waals surface area contributed by atoms with Gasteiger partial charge in [0, 0.05) is 21.4 Å². The minimum Gasteiger partial charge on any atom is -0.458 e. The maximum absolute atomic E-state index is 11.2. The van der Waals surface area contributed by atoms with Crippen LogP contribution in [-0.2, 0) is 18.1 Å². The summed E-state index contributed by atoms with van der Waals surface area (Å²) in [6.45, 7) is 0. The predicted molar refractivity (Wildman–Crippen MR) is 84.8 cm³/mol. The molecule has 1 aliphatic carbocycles. The van der Waals surface area contributed by atoms with Gasteiger partial charge in [-0.1, -0.05) is 6.08 Å². The molecule has 0 N–H and O–H groups in total. The highest BCUT2D eigenvalue weighted by atomic mass is 35.7. The van der Waals surface area contributed by atoms with Gasteiger partial charge in [-0.25, -0.2) is 16.8 Å². The van der Waals surface area contributed by atoms with Gasteiger partial charge in [0.05, 0.1) is 9.80 Å². The van der Waals surface area contributed by atoms with Crippen LogP contribution in [0.15, 0.2) is 64.1 Å². The molecule has 1 aromatic carbocycles. The molecule has 0 fully saturated rings. The van der Waals surface area contributed by atoms with Crippen molar-refractivity contribution < 1.29 is 21.6 Å². The normalized spacial score (nSPS) is 15.7. The summed E-state index contributed by atoms with van der Waals surface area (Å²) < 4.78 is 50.3. The Balaban J connectivity index is 2.14. The minimum absolute atomic E-state index is 0.00685. The number of hydrogen-bond acceptors (Lipinski definition) is 5. The van der Waals surface area contributed by atoms with E-state index in [-0.39, 0.29) is 9.80 Å². The van der Waals surface area contributed by atoms with Gasteiger partial charge in [-0.15, -0.1) is 0 Å². The second-order valence-electron chi connectivity index (χ2n) is 4.23. The highest BCUT2D eigenvalue weighted by Crippen LogP contribution is 2.23. The number of halogens is 2. The Kier molecular flexibility index (Phi) is 5.01. The number of hydrogen-bond donors (Lipinski definition) is 0. The summed E-state index contributed by atoms with van der Waals surface area (Å²) in [5.74, 6) is 0.796. The molecule has 0 heterocycles. The number of allylic oxidation sites excluding steroid dienone is 4. The lowest BCUT2D eigenvalue weighted by Crippen LogP contribution is -1.94. The van der Waals surface area contributed by atoms with E-state index < -0.39 is 18.1 Å². The molecule has 0 radical (unpaired) electrons. The molecule has 0 amide bonds. The lowest BCUT2D eigenvalue weighted by molar-refractivity contribution is 0.442. The van der Waals surface area contributed by atoms with E-state index >= 15 is 0 Å². The van der Waals surface area contributed by atoms with Crippen LogP contribution in [0.3, 0.4) is 0 Å². The number of rotatable bonds is 4. The fourth-order valence-corrected chi connectivity index (χ4v) is 3.29. The highest BCUT2D eigenvalue weighted by molar-refractivity contribution is 8.17. The molecular formula is C13H10Cl2O5S2. The second kappa shape index (κ2) is 6.45. The van der Waals surface area contributed by atoms with Crippen LogP contribution in [-0.4, -0.2) is 16.8 Å². The van der Waals surface area contributed by atoms with Gasteiger partial charge < -0.3 is 4.74 Å². The fourth-order valence-electron chi connectivity index (χ4n) is 1.65. The molecule has 0 saturated carbocycles. The van der Waals surface area contributed by atoms with Gasteiger partial charge in [0.15, 0.2) is 0 Å². The Labute approximate surface area is 137 Å². The van der Waals surface area contributed by atoms with E-state index in [1.165, 1.54) is 42.5 Å². The largest absolute Gasteiger partial charge is 0.458 e. The third kappa shape index (κ3) is 4.61. The SMILES string of the molecule is O=S(=O)(Cl)C1=CCC=C(Oc2ccc(S(=O)(=O)Cl)cc2)C=C1. The van der Waals surface area contributed by atoms with Crippen LogP contribution in [0.25, 0.3) is 0 Å². The topological polar surface area (TPSA) is 77.5 Å². The van der Waals surface area contributed by atoms with Crippen molar-refractivity contribution in [2.45, 2.75) is 11.3 Å². The van der Waals surface area contributed by atoms with Crippen molar-refractivity contribution >= 4 is 39.5 Å². The second-order valence-corrected chi connectivity index (χ2v) is 9.36. The van der Waals surface area contributed by atoms with Crippen LogP contribution >= 0.6 is 21.4 Å². The zero-order valence-corrected chi connectivity index (χ0v) is 14.1. The molecule has 5 nitrogen and oxygen atoms in total. The van der Waals surface area contributed by atoms with Crippen molar-refractivity contribution in [3.8, 4) is 5.75 Å². The van der Waals surface area contributed by atoms with Crippen molar-refractivity contribution in [3.63, 3.8) is 0 Å². The van der Waals surface area contributed by atoms with E-state index in [9.17, 15) is 16.8 Å². The van der Waals surface area contributed by atoms with Crippen LogP contribution in [0.2, 0.25) is 0 Å². The third-order valence-corrected chi connectivity index (χ3v) is 5.44. The molecule has 2 rings (SSSR count). The quantitative estimate of drug-likeness (QED) is 0.748. The maximum Gasteiger partial charge on any atom is 0.261 e. The maximum atomic E-state index is 11.2. The van der Waals surface area contributed by atoms with Crippen molar-refractivity contribution in [1.29, 1.82) is 0 Å². The molecule has 22 heavy (non-hydrogen) atoms. The highest BCUT2D eigenvalue weighted by Gasteiger charge is 2.13. The van der Waals surface area contributed by atoms with Crippen molar-refractivity contribution in [2.24, 2.45) is 0 Å². The number of benzene rings is 1. The van der Waals surface area contributed by atoms with Crippen LogP contribution in [0.5, 0.6) is 5.75 Å². The summed E-state index contributed by atoms with van der Waals surface area (Å²) >= 11 is 0. The van der Waals surface area contributed by atoms with Gasteiger partial charge in [-0.05, 0) is 48.9 Å². The molecule has 1 aliphatic rings. The molecule has 0 atom stereocenters. The van der Waals surface area contributed by atoms with Crippen LogP contribution < -0.4 is 4.74 Å². The van der Waals surface area contributed by atoms with Gasteiger partial charge in [-0.3, -0.25) is 0 Å². The fraction of sp³-hybridized carbons (Fsp3) is 0.0769. The molecule has 0 bridgehead atoms. The van der Waals surface area contributed by atoms with Crippen molar-refractivity contribution in [3.05, 3.63) is 59.2 Å². The van der Waals surface area contributed by atoms with E-state index in [0.29, 0.717) is 17.9 Å². The molecule has 9 heteroatoms. The summed E-state index contributed by atoms with van der Waals surface area (Å²) in [5.41, 5.74) is 0. The first kappa shape index (κ1) is 17.1. The van der Waals surface area contributed by atoms with E-state index in [1.54, 1.807) is 6.08 Å². The van der Waals surface area contributed by atoms with Crippen LogP contribution in [0.1, 0.15) is 6.42 Å². The Hall–Kier alpha value is -1.28. The van der Waals surface area contributed by atoms with Gasteiger partial charge in [0.2, 0.25) is 0 Å². The molecule has 0 aromatic heterocycles. The monoisotopic (exact) mass is 380 g/mol. The Bertz CT molecular complexity index is 864. The van der Waals surface area contributed by atoms with Crippen LogP contribution in [0, 0.1) is 0 Å². The lowest BCUT2D eigenvalue weighted by Gasteiger charge is -2.06. The standard InChI is InChI=1S/C13H10Cl2O5S2/c14-21(16,17)12-3-1-2-10(4-7-12)20-11-5-8-13(9-6-11)22(15,18)19/h2-9H,1H2. The lowest BCUT2D eigenvalue weighted by atomic mass is 10.3. The Morgan fingerprint density at radius 1 is 0.864 bits per heavy atom. The molecule has 118 valence electrons. The molecule has 1 aromatic rings. The van der Waals surface area contributed by atoms with E-state index in [4.69, 9.17) is 26.1 Å². The van der Waals surface area contributed by atoms with E-state index in [2.05, 4.69) is 0 Å². The average Bonchev–Trinajstić information content (AvgIpc) is 2.63. The summed E-state index contributed by atoms with van der Waals surface area (Å²) in [6, 6.07) is 5.51. The smallest absolute Gasteiger partial charge is 0.261 e. The first-order chi connectivity index (χ1) is 10.2. The molecule has 0 unspecified atom stereocenters. The zero-order valence-electron chi connectivity index (χ0n) is 10.9. The average molecular weight is 381 g/mol. The molecular weight excluding hydrogens is 371 g/mol. The summed E-state index contributed by atoms with van der Waals surface area (Å²) in [5, 5.41) is 0. The van der Waals surface area contributed by atoms with E-state index in [0.717, 1.165) is 0 Å². The number of ether oxygens (including phenoxy) is 1. The van der Waals surface area contributed by atoms with Gasteiger partial charge in [0.1, 0.15) is 11.5 Å². The summed E-state index contributed by atoms with van der Waals surface area (Å²) in [4.78, 5) is -0.0447. The zero-order chi connectivity index (χ0) is 16.4.